The lowest BCUT2D eigenvalue weighted by molar-refractivity contribution is 0.414. The van der Waals surface area contributed by atoms with E-state index in [1.807, 2.05) is 29.1 Å². The second-order valence-corrected chi connectivity index (χ2v) is 3.68. The Labute approximate surface area is 88.3 Å². The lowest BCUT2D eigenvalue weighted by atomic mass is 9.98. The van der Waals surface area contributed by atoms with Gasteiger partial charge in [-0.3, -0.25) is 4.68 Å². The fourth-order valence-electron chi connectivity index (χ4n) is 2.20. The lowest BCUT2D eigenvalue weighted by Crippen LogP contribution is -2.12. The molecule has 3 rings (SSSR count). The summed E-state index contributed by atoms with van der Waals surface area (Å²) in [5.74, 6) is 0.939. The van der Waals surface area contributed by atoms with Crippen molar-refractivity contribution in [2.24, 2.45) is 0 Å². The maximum absolute atomic E-state index is 5.40. The minimum absolute atomic E-state index is 0.939. The monoisotopic (exact) mass is 200 g/mol. The zero-order valence-electron chi connectivity index (χ0n) is 8.60. The van der Waals surface area contributed by atoms with Crippen molar-refractivity contribution in [2.75, 3.05) is 7.11 Å². The lowest BCUT2D eigenvalue weighted by Gasteiger charge is -2.20. The highest BCUT2D eigenvalue weighted by Gasteiger charge is 2.19. The van der Waals surface area contributed by atoms with Crippen LogP contribution in [0.5, 0.6) is 5.75 Å². The van der Waals surface area contributed by atoms with E-state index in [4.69, 9.17) is 4.74 Å². The molecular weight excluding hydrogens is 188 g/mol. The zero-order chi connectivity index (χ0) is 10.3. The number of benzene rings is 1. The molecule has 0 spiro atoms. The number of fused-ring (bicyclic) bond motifs is 3. The number of hydrogen-bond acceptors (Lipinski definition) is 2. The van der Waals surface area contributed by atoms with Gasteiger partial charge in [0.05, 0.1) is 12.8 Å². The summed E-state index contributed by atoms with van der Waals surface area (Å²) in [5, 5.41) is 4.29. The Morgan fingerprint density at radius 1 is 1.33 bits per heavy atom. The van der Waals surface area contributed by atoms with Crippen molar-refractivity contribution in [2.45, 2.75) is 13.0 Å². The molecule has 0 atom stereocenters. The van der Waals surface area contributed by atoms with Crippen molar-refractivity contribution in [1.29, 1.82) is 0 Å². The van der Waals surface area contributed by atoms with Crippen molar-refractivity contribution in [3.05, 3.63) is 36.0 Å². The van der Waals surface area contributed by atoms with Crippen LogP contribution in [0, 0.1) is 0 Å². The first-order chi connectivity index (χ1) is 7.40. The Morgan fingerprint density at radius 2 is 2.27 bits per heavy atom. The Bertz CT molecular complexity index is 488. The van der Waals surface area contributed by atoms with Crippen LogP contribution in [-0.4, -0.2) is 16.9 Å². The van der Waals surface area contributed by atoms with Crippen LogP contribution in [0.1, 0.15) is 5.56 Å². The third-order valence-corrected chi connectivity index (χ3v) is 2.90. The van der Waals surface area contributed by atoms with Crippen LogP contribution < -0.4 is 4.74 Å². The van der Waals surface area contributed by atoms with Gasteiger partial charge in [-0.05, 0) is 24.1 Å². The maximum atomic E-state index is 5.40. The summed E-state index contributed by atoms with van der Waals surface area (Å²) in [4.78, 5) is 0. The summed E-state index contributed by atoms with van der Waals surface area (Å²) in [6, 6.07) is 8.25. The molecular formula is C12H12N2O. The van der Waals surface area contributed by atoms with Gasteiger partial charge in [-0.2, -0.15) is 5.10 Å². The van der Waals surface area contributed by atoms with Gasteiger partial charge in [-0.15, -0.1) is 0 Å². The average molecular weight is 200 g/mol. The maximum Gasteiger partial charge on any atom is 0.128 e. The van der Waals surface area contributed by atoms with E-state index in [2.05, 4.69) is 11.2 Å². The van der Waals surface area contributed by atoms with E-state index in [1.54, 1.807) is 7.11 Å². The van der Waals surface area contributed by atoms with Gasteiger partial charge < -0.3 is 4.74 Å². The van der Waals surface area contributed by atoms with Crippen LogP contribution in [-0.2, 0) is 13.0 Å². The third kappa shape index (κ3) is 1.16. The SMILES string of the molecule is COc1cccc2c1-c1ccnn1CC2. The molecule has 0 radical (unpaired) electrons. The van der Waals surface area contributed by atoms with Crippen LogP contribution in [0.3, 0.4) is 0 Å². The zero-order valence-corrected chi connectivity index (χ0v) is 8.60. The van der Waals surface area contributed by atoms with Crippen molar-refractivity contribution in [3.63, 3.8) is 0 Å². The van der Waals surface area contributed by atoms with Crippen molar-refractivity contribution >= 4 is 0 Å². The number of aromatic nitrogens is 2. The van der Waals surface area contributed by atoms with Gasteiger partial charge >= 0.3 is 0 Å². The molecule has 0 saturated carbocycles. The summed E-state index contributed by atoms with van der Waals surface area (Å²) in [6.45, 7) is 0.961. The number of hydrogen-bond donors (Lipinski definition) is 0. The quantitative estimate of drug-likeness (QED) is 0.705. The highest BCUT2D eigenvalue weighted by Crippen LogP contribution is 2.36. The first-order valence-electron chi connectivity index (χ1n) is 5.08. The summed E-state index contributed by atoms with van der Waals surface area (Å²) in [5.41, 5.74) is 3.71. The Balaban J connectivity index is 2.29. The van der Waals surface area contributed by atoms with E-state index in [9.17, 15) is 0 Å². The first-order valence-corrected chi connectivity index (χ1v) is 5.08. The molecule has 2 aromatic rings. The molecule has 76 valence electrons. The first kappa shape index (κ1) is 8.53. The van der Waals surface area contributed by atoms with Gasteiger partial charge in [0.1, 0.15) is 5.75 Å². The molecule has 15 heavy (non-hydrogen) atoms. The predicted octanol–water partition coefficient (Wildman–Crippen LogP) is 2.11. The van der Waals surface area contributed by atoms with Crippen molar-refractivity contribution in [3.8, 4) is 17.0 Å². The van der Waals surface area contributed by atoms with Gasteiger partial charge in [0, 0.05) is 18.3 Å². The Morgan fingerprint density at radius 3 is 3.13 bits per heavy atom. The molecule has 2 heterocycles. The Kier molecular flexibility index (Phi) is 1.78. The van der Waals surface area contributed by atoms with Gasteiger partial charge in [0.15, 0.2) is 0 Å². The van der Waals surface area contributed by atoms with E-state index in [1.165, 1.54) is 11.1 Å². The summed E-state index contributed by atoms with van der Waals surface area (Å²) < 4.78 is 7.43. The van der Waals surface area contributed by atoms with E-state index in [-0.39, 0.29) is 0 Å². The predicted molar refractivity (Wildman–Crippen MR) is 57.9 cm³/mol. The molecule has 1 aromatic carbocycles. The molecule has 1 aliphatic rings. The van der Waals surface area contributed by atoms with Gasteiger partial charge in [-0.1, -0.05) is 12.1 Å². The third-order valence-electron chi connectivity index (χ3n) is 2.90. The summed E-state index contributed by atoms with van der Waals surface area (Å²) >= 11 is 0. The minimum Gasteiger partial charge on any atom is -0.496 e. The number of aryl methyl sites for hydroxylation is 2. The molecule has 0 N–H and O–H groups in total. The van der Waals surface area contributed by atoms with E-state index in [0.29, 0.717) is 0 Å². The van der Waals surface area contributed by atoms with Crippen LogP contribution in [0.25, 0.3) is 11.3 Å². The fourth-order valence-corrected chi connectivity index (χ4v) is 2.20. The largest absolute Gasteiger partial charge is 0.496 e. The molecule has 1 aliphatic heterocycles. The minimum atomic E-state index is 0.939. The summed E-state index contributed by atoms with van der Waals surface area (Å²) in [6.07, 6.45) is 2.87. The molecule has 1 aromatic heterocycles. The second-order valence-electron chi connectivity index (χ2n) is 3.68. The standard InChI is InChI=1S/C12H12N2O/c1-15-11-4-2-3-9-6-8-14-10(12(9)11)5-7-13-14/h2-5,7H,6,8H2,1H3. The van der Waals surface area contributed by atoms with Crippen molar-refractivity contribution < 1.29 is 4.74 Å². The molecule has 0 unspecified atom stereocenters. The number of ether oxygens (including phenoxy) is 1. The van der Waals surface area contributed by atoms with Crippen LogP contribution in [0.2, 0.25) is 0 Å². The number of methoxy groups -OCH3 is 1. The molecule has 0 amide bonds. The molecule has 3 nitrogen and oxygen atoms in total. The molecule has 0 saturated heterocycles. The molecule has 0 fully saturated rings. The highest BCUT2D eigenvalue weighted by molar-refractivity contribution is 5.72. The summed E-state index contributed by atoms with van der Waals surface area (Å²) in [7, 11) is 1.71. The Hall–Kier alpha value is -1.77. The van der Waals surface area contributed by atoms with E-state index >= 15 is 0 Å². The second kappa shape index (κ2) is 3.12. The van der Waals surface area contributed by atoms with Gasteiger partial charge in [0.25, 0.3) is 0 Å². The number of nitrogens with zero attached hydrogens (tertiary/aromatic N) is 2. The van der Waals surface area contributed by atoms with Crippen LogP contribution >= 0.6 is 0 Å². The fraction of sp³-hybridized carbons (Fsp3) is 0.250. The van der Waals surface area contributed by atoms with Gasteiger partial charge in [-0.25, -0.2) is 0 Å². The topological polar surface area (TPSA) is 27.1 Å². The van der Waals surface area contributed by atoms with Crippen LogP contribution in [0.4, 0.5) is 0 Å². The highest BCUT2D eigenvalue weighted by atomic mass is 16.5. The van der Waals surface area contributed by atoms with Crippen LogP contribution in [0.15, 0.2) is 30.5 Å². The molecule has 0 bridgehead atoms. The van der Waals surface area contributed by atoms with E-state index in [0.717, 1.165) is 24.4 Å². The average Bonchev–Trinajstić information content (AvgIpc) is 2.76. The number of rotatable bonds is 1. The normalized spacial score (nSPS) is 13.1. The van der Waals surface area contributed by atoms with Gasteiger partial charge in [0.2, 0.25) is 0 Å². The van der Waals surface area contributed by atoms with E-state index < -0.39 is 0 Å². The molecule has 0 aliphatic carbocycles. The van der Waals surface area contributed by atoms with Crippen molar-refractivity contribution in [1.82, 2.24) is 9.78 Å². The smallest absolute Gasteiger partial charge is 0.128 e. The molecule has 3 heteroatoms.